The third kappa shape index (κ3) is 2.51. The van der Waals surface area contributed by atoms with E-state index in [-0.39, 0.29) is 11.6 Å². The molecule has 2 aromatic rings. The number of carbonyl (C=O) groups excluding carboxylic acids is 1. The van der Waals surface area contributed by atoms with Gasteiger partial charge in [-0.25, -0.2) is 4.39 Å². The predicted octanol–water partition coefficient (Wildman–Crippen LogP) is 3.34. The van der Waals surface area contributed by atoms with E-state index in [0.717, 1.165) is 10.4 Å². The van der Waals surface area contributed by atoms with Gasteiger partial charge in [-0.1, -0.05) is 0 Å². The van der Waals surface area contributed by atoms with Crippen molar-refractivity contribution in [2.75, 3.05) is 11.1 Å². The van der Waals surface area contributed by atoms with Crippen LogP contribution in [0.1, 0.15) is 20.1 Å². The number of rotatable bonds is 2. The maximum Gasteiger partial charge on any atom is 0.265 e. The lowest BCUT2D eigenvalue weighted by Gasteiger charge is -2.05. The summed E-state index contributed by atoms with van der Waals surface area (Å²) in [5.41, 5.74) is 7.12. The Bertz CT molecular complexity index is 588. The van der Waals surface area contributed by atoms with Crippen molar-refractivity contribution in [1.82, 2.24) is 0 Å². The highest BCUT2D eigenvalue weighted by atomic mass is 32.1. The molecule has 1 heterocycles. The second-order valence-corrected chi connectivity index (χ2v) is 5.30. The number of anilines is 2. The molecule has 2 rings (SSSR count). The fourth-order valence-electron chi connectivity index (χ4n) is 1.51. The van der Waals surface area contributed by atoms with Crippen LogP contribution in [0, 0.1) is 19.7 Å². The molecule has 0 saturated heterocycles. The number of thiophene rings is 1. The van der Waals surface area contributed by atoms with Gasteiger partial charge in [0.05, 0.1) is 10.6 Å². The molecule has 0 aliphatic carbocycles. The highest BCUT2D eigenvalue weighted by molar-refractivity contribution is 7.14. The summed E-state index contributed by atoms with van der Waals surface area (Å²) in [5, 5.41) is 2.52. The van der Waals surface area contributed by atoms with E-state index < -0.39 is 5.82 Å². The SMILES string of the molecule is Cc1cc(C(=O)Nc2cc(N)ccc2F)sc1C. The molecule has 0 aliphatic heterocycles. The topological polar surface area (TPSA) is 55.1 Å². The van der Waals surface area contributed by atoms with Crippen molar-refractivity contribution in [3.8, 4) is 0 Å². The second-order valence-electron chi connectivity index (χ2n) is 4.04. The van der Waals surface area contributed by atoms with Crippen LogP contribution in [0.15, 0.2) is 24.3 Å². The molecule has 1 aromatic carbocycles. The van der Waals surface area contributed by atoms with Crippen LogP contribution < -0.4 is 11.1 Å². The lowest BCUT2D eigenvalue weighted by Crippen LogP contribution is -2.11. The third-order valence-electron chi connectivity index (χ3n) is 2.63. The summed E-state index contributed by atoms with van der Waals surface area (Å²) in [6.07, 6.45) is 0. The summed E-state index contributed by atoms with van der Waals surface area (Å²) in [5.74, 6) is -0.816. The highest BCUT2D eigenvalue weighted by Gasteiger charge is 2.12. The van der Waals surface area contributed by atoms with Gasteiger partial charge in [0.25, 0.3) is 5.91 Å². The molecule has 0 aliphatic rings. The lowest BCUT2D eigenvalue weighted by molar-refractivity contribution is 0.103. The minimum atomic E-state index is -0.498. The number of nitrogen functional groups attached to an aromatic ring is 1. The van der Waals surface area contributed by atoms with E-state index in [2.05, 4.69) is 5.32 Å². The molecule has 0 fully saturated rings. The molecule has 94 valence electrons. The number of hydrogen-bond donors (Lipinski definition) is 2. The summed E-state index contributed by atoms with van der Waals surface area (Å²) >= 11 is 1.39. The number of nitrogens with one attached hydrogen (secondary N) is 1. The van der Waals surface area contributed by atoms with E-state index in [1.165, 1.54) is 29.5 Å². The molecule has 18 heavy (non-hydrogen) atoms. The van der Waals surface area contributed by atoms with E-state index in [9.17, 15) is 9.18 Å². The van der Waals surface area contributed by atoms with Crippen molar-refractivity contribution >= 4 is 28.6 Å². The fraction of sp³-hybridized carbons (Fsp3) is 0.154. The molecule has 0 atom stereocenters. The number of carbonyl (C=O) groups is 1. The number of aryl methyl sites for hydroxylation is 2. The standard InChI is InChI=1S/C13H13FN2OS/c1-7-5-12(18-8(7)2)13(17)16-11-6-9(15)3-4-10(11)14/h3-6H,15H2,1-2H3,(H,16,17). The molecular weight excluding hydrogens is 251 g/mol. The molecule has 0 radical (unpaired) electrons. The number of benzene rings is 1. The van der Waals surface area contributed by atoms with Crippen LogP contribution in [0.3, 0.4) is 0 Å². The van der Waals surface area contributed by atoms with Crippen molar-refractivity contribution in [1.29, 1.82) is 0 Å². The van der Waals surface area contributed by atoms with Gasteiger partial charge in [-0.05, 0) is 43.7 Å². The minimum Gasteiger partial charge on any atom is -0.399 e. The summed E-state index contributed by atoms with van der Waals surface area (Å²) in [6, 6.07) is 5.88. The molecule has 5 heteroatoms. The monoisotopic (exact) mass is 264 g/mol. The number of nitrogens with two attached hydrogens (primary N) is 1. The zero-order chi connectivity index (χ0) is 13.3. The summed E-state index contributed by atoms with van der Waals surface area (Å²) in [4.78, 5) is 13.6. The summed E-state index contributed by atoms with van der Waals surface area (Å²) < 4.78 is 13.5. The first-order valence-corrected chi connectivity index (χ1v) is 6.22. The van der Waals surface area contributed by atoms with Gasteiger partial charge < -0.3 is 11.1 Å². The Balaban J connectivity index is 2.23. The molecule has 3 N–H and O–H groups in total. The van der Waals surface area contributed by atoms with E-state index in [1.54, 1.807) is 6.07 Å². The molecule has 0 unspecified atom stereocenters. The van der Waals surface area contributed by atoms with Gasteiger partial charge >= 0.3 is 0 Å². The van der Waals surface area contributed by atoms with Gasteiger partial charge in [-0.15, -0.1) is 11.3 Å². The Labute approximate surface area is 108 Å². The fourth-order valence-corrected chi connectivity index (χ4v) is 2.44. The Morgan fingerprint density at radius 3 is 2.67 bits per heavy atom. The quantitative estimate of drug-likeness (QED) is 0.817. The van der Waals surface area contributed by atoms with E-state index in [4.69, 9.17) is 5.73 Å². The normalized spacial score (nSPS) is 10.4. The molecule has 0 bridgehead atoms. The van der Waals surface area contributed by atoms with E-state index in [0.29, 0.717) is 10.6 Å². The van der Waals surface area contributed by atoms with Gasteiger partial charge in [0.2, 0.25) is 0 Å². The lowest BCUT2D eigenvalue weighted by atomic mass is 10.2. The van der Waals surface area contributed by atoms with Crippen LogP contribution in [-0.4, -0.2) is 5.91 Å². The Kier molecular flexibility index (Phi) is 3.34. The Morgan fingerprint density at radius 1 is 1.33 bits per heavy atom. The highest BCUT2D eigenvalue weighted by Crippen LogP contribution is 2.23. The van der Waals surface area contributed by atoms with Crippen LogP contribution >= 0.6 is 11.3 Å². The summed E-state index contributed by atoms with van der Waals surface area (Å²) in [7, 11) is 0. The zero-order valence-electron chi connectivity index (χ0n) is 10.1. The van der Waals surface area contributed by atoms with Crippen molar-refractivity contribution in [3.05, 3.63) is 45.4 Å². The smallest absolute Gasteiger partial charge is 0.265 e. The molecule has 1 amide bonds. The maximum atomic E-state index is 13.5. The molecule has 3 nitrogen and oxygen atoms in total. The molecule has 0 spiro atoms. The predicted molar refractivity (Wildman–Crippen MR) is 72.6 cm³/mol. The average molecular weight is 264 g/mol. The van der Waals surface area contributed by atoms with Gasteiger partial charge in [0.15, 0.2) is 0 Å². The minimum absolute atomic E-state index is 0.101. The van der Waals surface area contributed by atoms with Crippen LogP contribution in [0.5, 0.6) is 0 Å². The van der Waals surface area contributed by atoms with Gasteiger partial charge in [-0.2, -0.15) is 0 Å². The van der Waals surface area contributed by atoms with E-state index in [1.807, 2.05) is 13.8 Å². The van der Waals surface area contributed by atoms with Gasteiger partial charge in [-0.3, -0.25) is 4.79 Å². The first-order valence-electron chi connectivity index (χ1n) is 5.41. The van der Waals surface area contributed by atoms with Crippen molar-refractivity contribution < 1.29 is 9.18 Å². The number of amides is 1. The van der Waals surface area contributed by atoms with E-state index >= 15 is 0 Å². The molecular formula is C13H13FN2OS. The average Bonchev–Trinajstić information content (AvgIpc) is 2.64. The van der Waals surface area contributed by atoms with Gasteiger partial charge in [0.1, 0.15) is 5.82 Å². The first-order chi connectivity index (χ1) is 8.47. The molecule has 1 aromatic heterocycles. The Morgan fingerprint density at radius 2 is 2.06 bits per heavy atom. The van der Waals surface area contributed by atoms with Crippen molar-refractivity contribution in [2.45, 2.75) is 13.8 Å². The Hall–Kier alpha value is -1.88. The van der Waals surface area contributed by atoms with Crippen molar-refractivity contribution in [2.24, 2.45) is 0 Å². The number of halogens is 1. The third-order valence-corrected chi connectivity index (χ3v) is 3.78. The van der Waals surface area contributed by atoms with Crippen LogP contribution in [0.4, 0.5) is 15.8 Å². The van der Waals surface area contributed by atoms with Gasteiger partial charge in [0, 0.05) is 10.6 Å². The first kappa shape index (κ1) is 12.6. The second kappa shape index (κ2) is 4.78. The van der Waals surface area contributed by atoms with Crippen molar-refractivity contribution in [3.63, 3.8) is 0 Å². The largest absolute Gasteiger partial charge is 0.399 e. The molecule has 0 saturated carbocycles. The summed E-state index contributed by atoms with van der Waals surface area (Å²) in [6.45, 7) is 3.88. The number of hydrogen-bond acceptors (Lipinski definition) is 3. The van der Waals surface area contributed by atoms with Crippen LogP contribution in [0.25, 0.3) is 0 Å². The van der Waals surface area contributed by atoms with Crippen LogP contribution in [0.2, 0.25) is 0 Å². The zero-order valence-corrected chi connectivity index (χ0v) is 10.9. The van der Waals surface area contributed by atoms with Crippen LogP contribution in [-0.2, 0) is 0 Å². The maximum absolute atomic E-state index is 13.5.